The molecule has 0 aliphatic carbocycles. The maximum absolute atomic E-state index is 12.3. The topological polar surface area (TPSA) is 72.9 Å². The predicted molar refractivity (Wildman–Crippen MR) is 90.0 cm³/mol. The van der Waals surface area contributed by atoms with Crippen molar-refractivity contribution in [2.45, 2.75) is 6.92 Å². The van der Waals surface area contributed by atoms with E-state index < -0.39 is 17.1 Å². The Morgan fingerprint density at radius 2 is 2.13 bits per heavy atom. The van der Waals surface area contributed by atoms with E-state index in [0.717, 1.165) is 21.1 Å². The van der Waals surface area contributed by atoms with Gasteiger partial charge in [0.25, 0.3) is 11.1 Å². The summed E-state index contributed by atoms with van der Waals surface area (Å²) in [6, 6.07) is 5.33. The molecule has 0 bridgehead atoms. The second-order valence-electron chi connectivity index (χ2n) is 4.46. The van der Waals surface area contributed by atoms with Crippen molar-refractivity contribution in [1.29, 1.82) is 0 Å². The molecule has 2 rings (SSSR count). The second-order valence-corrected chi connectivity index (χ2v) is 6.37. The number of carbonyl (C=O) groups excluding carboxylic acids is 3. The lowest BCUT2D eigenvalue weighted by Crippen LogP contribution is -2.34. The van der Waals surface area contributed by atoms with Gasteiger partial charge in [0.05, 0.1) is 18.6 Å². The molecule has 122 valence electrons. The van der Waals surface area contributed by atoms with Crippen LogP contribution >= 0.6 is 27.7 Å². The number of amides is 2. The van der Waals surface area contributed by atoms with E-state index >= 15 is 0 Å². The van der Waals surface area contributed by atoms with Crippen molar-refractivity contribution >= 4 is 50.9 Å². The van der Waals surface area contributed by atoms with Crippen molar-refractivity contribution < 1.29 is 23.9 Å². The maximum atomic E-state index is 12.3. The minimum atomic E-state index is -0.615. The van der Waals surface area contributed by atoms with Crippen molar-refractivity contribution in [3.63, 3.8) is 0 Å². The van der Waals surface area contributed by atoms with Gasteiger partial charge in [-0.2, -0.15) is 0 Å². The van der Waals surface area contributed by atoms with E-state index in [2.05, 4.69) is 15.9 Å². The van der Waals surface area contributed by atoms with Gasteiger partial charge in [-0.3, -0.25) is 19.3 Å². The lowest BCUT2D eigenvalue weighted by atomic mass is 10.2. The summed E-state index contributed by atoms with van der Waals surface area (Å²) in [6.07, 6.45) is 1.57. The fraction of sp³-hybridized carbons (Fsp3) is 0.267. The van der Waals surface area contributed by atoms with Crippen LogP contribution in [0.5, 0.6) is 5.75 Å². The highest BCUT2D eigenvalue weighted by Crippen LogP contribution is 2.34. The molecule has 0 radical (unpaired) electrons. The highest BCUT2D eigenvalue weighted by molar-refractivity contribution is 9.10. The second kappa shape index (κ2) is 7.65. The number of halogens is 1. The molecule has 0 N–H and O–H groups in total. The minimum absolute atomic E-state index is 0.195. The summed E-state index contributed by atoms with van der Waals surface area (Å²) >= 11 is 4.13. The zero-order valence-electron chi connectivity index (χ0n) is 12.5. The summed E-state index contributed by atoms with van der Waals surface area (Å²) in [5.74, 6) is -0.559. The first-order valence-electron chi connectivity index (χ1n) is 6.70. The first kappa shape index (κ1) is 17.6. The molecule has 1 saturated heterocycles. The molecule has 1 aromatic carbocycles. The van der Waals surface area contributed by atoms with E-state index in [9.17, 15) is 14.4 Å². The summed E-state index contributed by atoms with van der Waals surface area (Å²) in [4.78, 5) is 36.8. The van der Waals surface area contributed by atoms with Crippen molar-refractivity contribution in [3.05, 3.63) is 33.1 Å². The maximum Gasteiger partial charge on any atom is 0.326 e. The van der Waals surface area contributed by atoms with Gasteiger partial charge in [0.2, 0.25) is 0 Å². The smallest absolute Gasteiger partial charge is 0.326 e. The molecule has 1 aliphatic rings. The Morgan fingerprint density at radius 1 is 1.39 bits per heavy atom. The monoisotopic (exact) mass is 399 g/mol. The van der Waals surface area contributed by atoms with Gasteiger partial charge in [-0.05, 0) is 43.0 Å². The zero-order valence-corrected chi connectivity index (χ0v) is 14.9. The van der Waals surface area contributed by atoms with E-state index in [0.29, 0.717) is 11.3 Å². The van der Waals surface area contributed by atoms with E-state index in [1.54, 1.807) is 25.1 Å². The molecule has 1 fully saturated rings. The molecular formula is C15H14BrNO5S. The summed E-state index contributed by atoms with van der Waals surface area (Å²) in [7, 11) is 1.52. The van der Waals surface area contributed by atoms with E-state index in [1.807, 2.05) is 6.07 Å². The Kier molecular flexibility index (Phi) is 5.84. The normalized spacial score (nSPS) is 16.1. The molecule has 0 spiro atoms. The lowest BCUT2D eigenvalue weighted by molar-refractivity contribution is -0.145. The van der Waals surface area contributed by atoms with Gasteiger partial charge >= 0.3 is 5.97 Å². The fourth-order valence-corrected chi connectivity index (χ4v) is 3.14. The molecule has 0 atom stereocenters. The standard InChI is InChI=1S/C15H14BrNO5S/c1-3-22-13(18)8-17-14(19)12(23-15(17)20)7-9-6-10(16)4-5-11(9)21-2/h4-7H,3,8H2,1-2H3/b12-7+. The van der Waals surface area contributed by atoms with Crippen LogP contribution in [0.3, 0.4) is 0 Å². The van der Waals surface area contributed by atoms with Crippen molar-refractivity contribution in [2.24, 2.45) is 0 Å². The number of hydrogen-bond acceptors (Lipinski definition) is 6. The Bertz CT molecular complexity index is 688. The Hall–Kier alpha value is -1.80. The highest BCUT2D eigenvalue weighted by atomic mass is 79.9. The van der Waals surface area contributed by atoms with Crippen LogP contribution in [-0.4, -0.2) is 42.3 Å². The summed E-state index contributed by atoms with van der Waals surface area (Å²) in [6.45, 7) is 1.47. The molecule has 23 heavy (non-hydrogen) atoms. The largest absolute Gasteiger partial charge is 0.496 e. The van der Waals surface area contributed by atoms with Gasteiger partial charge in [-0.1, -0.05) is 15.9 Å². The van der Waals surface area contributed by atoms with Crippen LogP contribution in [0.2, 0.25) is 0 Å². The highest BCUT2D eigenvalue weighted by Gasteiger charge is 2.36. The first-order chi connectivity index (χ1) is 11.0. The predicted octanol–water partition coefficient (Wildman–Crippen LogP) is 3.06. The molecule has 2 amide bonds. The van der Waals surface area contributed by atoms with E-state index in [4.69, 9.17) is 9.47 Å². The fourth-order valence-electron chi connectivity index (χ4n) is 1.93. The number of benzene rings is 1. The third-order valence-corrected chi connectivity index (χ3v) is 4.35. The van der Waals surface area contributed by atoms with Gasteiger partial charge in [0.1, 0.15) is 12.3 Å². The van der Waals surface area contributed by atoms with Crippen LogP contribution in [0.4, 0.5) is 4.79 Å². The minimum Gasteiger partial charge on any atom is -0.496 e. The third kappa shape index (κ3) is 4.14. The van der Waals surface area contributed by atoms with Crippen LogP contribution in [0.1, 0.15) is 12.5 Å². The van der Waals surface area contributed by atoms with Gasteiger partial charge in [-0.25, -0.2) is 0 Å². The van der Waals surface area contributed by atoms with Gasteiger partial charge in [0, 0.05) is 10.0 Å². The quantitative estimate of drug-likeness (QED) is 0.559. The van der Waals surface area contributed by atoms with E-state index in [1.165, 1.54) is 7.11 Å². The summed E-state index contributed by atoms with van der Waals surface area (Å²) < 4.78 is 10.8. The molecule has 6 nitrogen and oxygen atoms in total. The van der Waals surface area contributed by atoms with Crippen LogP contribution in [-0.2, 0) is 14.3 Å². The molecule has 0 aromatic heterocycles. The van der Waals surface area contributed by atoms with Crippen molar-refractivity contribution in [2.75, 3.05) is 20.3 Å². The van der Waals surface area contributed by atoms with Gasteiger partial charge in [0.15, 0.2) is 0 Å². The van der Waals surface area contributed by atoms with Crippen LogP contribution < -0.4 is 4.74 Å². The van der Waals surface area contributed by atoms with Crippen molar-refractivity contribution in [3.8, 4) is 5.75 Å². The number of imide groups is 1. The average Bonchev–Trinajstić information content (AvgIpc) is 2.75. The average molecular weight is 400 g/mol. The van der Waals surface area contributed by atoms with Crippen molar-refractivity contribution in [1.82, 2.24) is 4.90 Å². The number of hydrogen-bond donors (Lipinski definition) is 0. The number of esters is 1. The first-order valence-corrected chi connectivity index (χ1v) is 8.31. The zero-order chi connectivity index (χ0) is 17.0. The van der Waals surface area contributed by atoms with Crippen LogP contribution in [0, 0.1) is 0 Å². The third-order valence-electron chi connectivity index (χ3n) is 2.94. The van der Waals surface area contributed by atoms with Gasteiger partial charge in [-0.15, -0.1) is 0 Å². The number of nitrogens with zero attached hydrogens (tertiary/aromatic N) is 1. The number of thioether (sulfide) groups is 1. The molecule has 8 heteroatoms. The molecule has 1 aromatic rings. The SMILES string of the molecule is CCOC(=O)CN1C(=O)S/C(=C/c2cc(Br)ccc2OC)C1=O. The molecule has 0 saturated carbocycles. The lowest BCUT2D eigenvalue weighted by Gasteiger charge is -2.10. The molecule has 1 heterocycles. The molecular weight excluding hydrogens is 386 g/mol. The number of ether oxygens (including phenoxy) is 2. The Balaban J connectivity index is 2.25. The molecule has 0 unspecified atom stereocenters. The number of rotatable bonds is 5. The summed E-state index contributed by atoms with van der Waals surface area (Å²) in [5.41, 5.74) is 0.656. The molecule has 1 aliphatic heterocycles. The van der Waals surface area contributed by atoms with Gasteiger partial charge < -0.3 is 9.47 Å². The van der Waals surface area contributed by atoms with Crippen LogP contribution in [0.15, 0.2) is 27.6 Å². The van der Waals surface area contributed by atoms with E-state index in [-0.39, 0.29) is 18.1 Å². The Morgan fingerprint density at radius 3 is 2.78 bits per heavy atom. The Labute approximate surface area is 145 Å². The van der Waals surface area contributed by atoms with Crippen LogP contribution in [0.25, 0.3) is 6.08 Å². The number of carbonyl (C=O) groups is 3. The number of methoxy groups -OCH3 is 1. The summed E-state index contributed by atoms with van der Waals surface area (Å²) in [5, 5.41) is -0.497.